The number of hydrogen-bond donors (Lipinski definition) is 2. The van der Waals surface area contributed by atoms with E-state index in [9.17, 15) is 8.78 Å². The van der Waals surface area contributed by atoms with Gasteiger partial charge in [0.15, 0.2) is 0 Å². The molecule has 1 atom stereocenters. The number of nitrogens with one attached hydrogen (secondary N) is 1. The van der Waals surface area contributed by atoms with E-state index in [1.54, 1.807) is 0 Å². The van der Waals surface area contributed by atoms with Gasteiger partial charge in [-0.25, -0.2) is 8.78 Å². The number of hydrogen-bond acceptors (Lipinski definition) is 2. The van der Waals surface area contributed by atoms with E-state index >= 15 is 0 Å². The quantitative estimate of drug-likeness (QED) is 0.645. The van der Waals surface area contributed by atoms with Crippen molar-refractivity contribution in [3.8, 4) is 0 Å². The molecule has 0 aliphatic heterocycles. The molecule has 0 radical (unpaired) electrons. The van der Waals surface area contributed by atoms with Gasteiger partial charge in [-0.3, -0.25) is 0 Å². The van der Waals surface area contributed by atoms with E-state index in [0.29, 0.717) is 0 Å². The molecule has 2 nitrogen and oxygen atoms in total. The zero-order valence-corrected chi connectivity index (χ0v) is 6.56. The Bertz CT molecular complexity index is 124. The summed E-state index contributed by atoms with van der Waals surface area (Å²) in [7, 11) is 0. The second-order valence-electron chi connectivity index (χ2n) is 3.22. The van der Waals surface area contributed by atoms with Crippen LogP contribution >= 0.6 is 0 Å². The lowest BCUT2D eigenvalue weighted by Crippen LogP contribution is -2.52. The topological polar surface area (TPSA) is 38.0 Å². The molecule has 1 aliphatic rings. The maximum Gasteiger partial charge on any atom is 0.253 e. The van der Waals surface area contributed by atoms with Crippen LogP contribution in [0.25, 0.3) is 0 Å². The highest BCUT2D eigenvalue weighted by atomic mass is 19.3. The molecule has 0 aromatic rings. The van der Waals surface area contributed by atoms with Crippen molar-refractivity contribution in [2.24, 2.45) is 5.73 Å². The maximum atomic E-state index is 12.0. The molecule has 0 amide bonds. The van der Waals surface area contributed by atoms with Gasteiger partial charge in [0.05, 0.1) is 6.04 Å². The Labute approximate surface area is 65.1 Å². The van der Waals surface area contributed by atoms with E-state index in [2.05, 4.69) is 5.32 Å². The van der Waals surface area contributed by atoms with Crippen molar-refractivity contribution in [2.45, 2.75) is 44.3 Å². The van der Waals surface area contributed by atoms with Gasteiger partial charge in [-0.1, -0.05) is 0 Å². The van der Waals surface area contributed by atoms with Gasteiger partial charge in [-0.15, -0.1) is 0 Å². The van der Waals surface area contributed by atoms with Crippen LogP contribution in [0.15, 0.2) is 0 Å². The van der Waals surface area contributed by atoms with Crippen LogP contribution in [0.3, 0.4) is 0 Å². The van der Waals surface area contributed by atoms with Gasteiger partial charge in [0, 0.05) is 12.1 Å². The Morgan fingerprint density at radius 2 is 2.00 bits per heavy atom. The molecule has 1 aliphatic carbocycles. The normalized spacial score (nSPS) is 33.5. The average molecular weight is 164 g/mol. The third kappa shape index (κ3) is 2.38. The summed E-state index contributed by atoms with van der Waals surface area (Å²) in [6, 6.07) is -0.265. The molecule has 0 heterocycles. The first-order valence-corrected chi connectivity index (χ1v) is 3.89. The Morgan fingerprint density at radius 3 is 2.36 bits per heavy atom. The molecule has 3 N–H and O–H groups in total. The molecule has 0 aromatic carbocycles. The first kappa shape index (κ1) is 8.87. The minimum Gasteiger partial charge on any atom is -0.328 e. The van der Waals surface area contributed by atoms with Gasteiger partial charge in [0.25, 0.3) is 6.43 Å². The number of halogens is 2. The van der Waals surface area contributed by atoms with Crippen molar-refractivity contribution in [3.63, 3.8) is 0 Å². The largest absolute Gasteiger partial charge is 0.328 e. The molecular weight excluding hydrogens is 150 g/mol. The van der Waals surface area contributed by atoms with E-state index in [1.165, 1.54) is 6.92 Å². The van der Waals surface area contributed by atoms with Crippen LogP contribution in [-0.4, -0.2) is 24.6 Å². The maximum absolute atomic E-state index is 12.0. The number of nitrogens with two attached hydrogens (primary N) is 1. The standard InChI is InChI=1S/C7H14F2N2/c1-4(7(8)9)11-6-2-5(10)3-6/h4-7,11H,2-3,10H2,1H3/t4?,5-,6-. The van der Waals surface area contributed by atoms with E-state index in [1.807, 2.05) is 0 Å². The molecule has 1 fully saturated rings. The van der Waals surface area contributed by atoms with Crippen LogP contribution in [0, 0.1) is 0 Å². The van der Waals surface area contributed by atoms with Crippen LogP contribution in [0.2, 0.25) is 0 Å². The third-order valence-corrected chi connectivity index (χ3v) is 2.05. The predicted octanol–water partition coefficient (Wildman–Crippen LogP) is 0.719. The molecule has 0 aromatic heterocycles. The first-order chi connectivity index (χ1) is 5.09. The van der Waals surface area contributed by atoms with Gasteiger partial charge >= 0.3 is 0 Å². The summed E-state index contributed by atoms with van der Waals surface area (Å²) in [6.45, 7) is 1.49. The first-order valence-electron chi connectivity index (χ1n) is 3.89. The minimum atomic E-state index is -2.27. The molecule has 1 unspecified atom stereocenters. The van der Waals surface area contributed by atoms with Crippen molar-refractivity contribution in [3.05, 3.63) is 0 Å². The molecule has 1 rings (SSSR count). The molecule has 0 saturated heterocycles. The van der Waals surface area contributed by atoms with Crippen molar-refractivity contribution in [1.82, 2.24) is 5.32 Å². The highest BCUT2D eigenvalue weighted by Crippen LogP contribution is 2.18. The predicted molar refractivity (Wildman–Crippen MR) is 39.6 cm³/mol. The zero-order chi connectivity index (χ0) is 8.43. The monoisotopic (exact) mass is 164 g/mol. The van der Waals surface area contributed by atoms with E-state index < -0.39 is 12.5 Å². The second kappa shape index (κ2) is 3.45. The van der Waals surface area contributed by atoms with E-state index in [0.717, 1.165) is 12.8 Å². The zero-order valence-electron chi connectivity index (χ0n) is 6.56. The molecule has 4 heteroatoms. The van der Waals surface area contributed by atoms with E-state index in [4.69, 9.17) is 5.73 Å². The van der Waals surface area contributed by atoms with Crippen LogP contribution in [0.5, 0.6) is 0 Å². The van der Waals surface area contributed by atoms with Crippen LogP contribution < -0.4 is 11.1 Å². The van der Waals surface area contributed by atoms with Gasteiger partial charge in [0.2, 0.25) is 0 Å². The van der Waals surface area contributed by atoms with Crippen molar-refractivity contribution >= 4 is 0 Å². The van der Waals surface area contributed by atoms with Crippen molar-refractivity contribution < 1.29 is 8.78 Å². The summed E-state index contributed by atoms with van der Waals surface area (Å²) in [5.74, 6) is 0. The van der Waals surface area contributed by atoms with Crippen LogP contribution in [-0.2, 0) is 0 Å². The van der Waals surface area contributed by atoms with Gasteiger partial charge in [-0.05, 0) is 19.8 Å². The highest BCUT2D eigenvalue weighted by molar-refractivity contribution is 4.89. The van der Waals surface area contributed by atoms with Crippen LogP contribution in [0.4, 0.5) is 8.78 Å². The molecule has 1 saturated carbocycles. The van der Waals surface area contributed by atoms with Crippen molar-refractivity contribution in [2.75, 3.05) is 0 Å². The summed E-state index contributed by atoms with van der Waals surface area (Å²) in [5, 5.41) is 2.82. The Hall–Kier alpha value is -0.220. The number of alkyl halides is 2. The molecule has 0 spiro atoms. The minimum absolute atomic E-state index is 0.217. The van der Waals surface area contributed by atoms with Gasteiger partial charge < -0.3 is 11.1 Å². The SMILES string of the molecule is CC(N[C@H]1C[C@H](N)C1)C(F)F. The summed E-state index contributed by atoms with van der Waals surface area (Å²) < 4.78 is 23.9. The lowest BCUT2D eigenvalue weighted by atomic mass is 9.87. The highest BCUT2D eigenvalue weighted by Gasteiger charge is 2.28. The fraction of sp³-hybridized carbons (Fsp3) is 1.00. The summed E-state index contributed by atoms with van der Waals surface area (Å²) >= 11 is 0. The Kier molecular flexibility index (Phi) is 2.78. The van der Waals surface area contributed by atoms with E-state index in [-0.39, 0.29) is 12.1 Å². The number of rotatable bonds is 3. The lowest BCUT2D eigenvalue weighted by Gasteiger charge is -2.35. The fourth-order valence-electron chi connectivity index (χ4n) is 1.24. The molecular formula is C7H14F2N2. The van der Waals surface area contributed by atoms with Crippen molar-refractivity contribution in [1.29, 1.82) is 0 Å². The summed E-state index contributed by atoms with van der Waals surface area (Å²) in [6.07, 6.45) is -0.611. The summed E-state index contributed by atoms with van der Waals surface area (Å²) in [4.78, 5) is 0. The third-order valence-electron chi connectivity index (χ3n) is 2.05. The fourth-order valence-corrected chi connectivity index (χ4v) is 1.24. The molecule has 11 heavy (non-hydrogen) atoms. The van der Waals surface area contributed by atoms with Gasteiger partial charge in [-0.2, -0.15) is 0 Å². The molecule has 66 valence electrons. The van der Waals surface area contributed by atoms with Gasteiger partial charge in [0.1, 0.15) is 0 Å². The summed E-state index contributed by atoms with van der Waals surface area (Å²) in [5.41, 5.74) is 5.49. The smallest absolute Gasteiger partial charge is 0.253 e. The Morgan fingerprint density at radius 1 is 1.45 bits per heavy atom. The Balaban J connectivity index is 2.11. The average Bonchev–Trinajstić information content (AvgIpc) is 1.84. The molecule has 0 bridgehead atoms. The second-order valence-corrected chi connectivity index (χ2v) is 3.22. The van der Waals surface area contributed by atoms with Crippen LogP contribution in [0.1, 0.15) is 19.8 Å². The lowest BCUT2D eigenvalue weighted by molar-refractivity contribution is 0.0897.